The lowest BCUT2D eigenvalue weighted by Crippen LogP contribution is -2.45. The van der Waals surface area contributed by atoms with Crippen LogP contribution in [0.3, 0.4) is 0 Å². The summed E-state index contributed by atoms with van der Waals surface area (Å²) in [7, 11) is 3.91. The number of carbonyl (C=O) groups is 2. The minimum atomic E-state index is -0.816. The molecule has 0 aliphatic heterocycles. The van der Waals surface area contributed by atoms with Crippen molar-refractivity contribution >= 4 is 11.8 Å². The first-order valence-electron chi connectivity index (χ1n) is 7.80. The zero-order valence-electron chi connectivity index (χ0n) is 13.4. The van der Waals surface area contributed by atoms with Gasteiger partial charge in [-0.25, -0.2) is 0 Å². The van der Waals surface area contributed by atoms with Gasteiger partial charge >= 0.3 is 0 Å². The van der Waals surface area contributed by atoms with Crippen LogP contribution in [0.5, 0.6) is 0 Å². The average Bonchev–Trinajstić information content (AvgIpc) is 3.29. The molecule has 5 heteroatoms. The van der Waals surface area contributed by atoms with Crippen LogP contribution in [0, 0.1) is 5.41 Å². The molecule has 120 valence electrons. The Kier molecular flexibility index (Phi) is 5.55. The van der Waals surface area contributed by atoms with Crippen LogP contribution in [0.4, 0.5) is 0 Å². The monoisotopic (exact) mass is 303 g/mol. The van der Waals surface area contributed by atoms with Crippen LogP contribution in [0.25, 0.3) is 0 Å². The minimum Gasteiger partial charge on any atom is -0.355 e. The molecule has 2 amide bonds. The van der Waals surface area contributed by atoms with E-state index >= 15 is 0 Å². The Balaban J connectivity index is 1.75. The van der Waals surface area contributed by atoms with Crippen LogP contribution < -0.4 is 10.6 Å². The van der Waals surface area contributed by atoms with E-state index in [1.807, 2.05) is 49.3 Å². The van der Waals surface area contributed by atoms with Crippen molar-refractivity contribution in [3.63, 3.8) is 0 Å². The van der Waals surface area contributed by atoms with Crippen LogP contribution >= 0.6 is 0 Å². The summed E-state index contributed by atoms with van der Waals surface area (Å²) in [6, 6.07) is 10.0. The van der Waals surface area contributed by atoms with Crippen LogP contribution in [0.1, 0.15) is 18.4 Å². The first-order chi connectivity index (χ1) is 10.5. The van der Waals surface area contributed by atoms with Crippen molar-refractivity contribution in [2.75, 3.05) is 33.7 Å². The smallest absolute Gasteiger partial charge is 0.235 e. The maximum absolute atomic E-state index is 12.3. The molecule has 1 saturated carbocycles. The molecule has 2 rings (SSSR count). The third-order valence-corrected chi connectivity index (χ3v) is 4.01. The summed E-state index contributed by atoms with van der Waals surface area (Å²) in [4.78, 5) is 26.5. The lowest BCUT2D eigenvalue weighted by Gasteiger charge is -2.16. The molecule has 2 N–H and O–H groups in total. The van der Waals surface area contributed by atoms with Gasteiger partial charge in [-0.05, 0) is 38.9 Å². The molecule has 1 aromatic carbocycles. The molecule has 0 heterocycles. The van der Waals surface area contributed by atoms with Gasteiger partial charge in [0.05, 0.1) is 0 Å². The van der Waals surface area contributed by atoms with Gasteiger partial charge in [0.2, 0.25) is 11.8 Å². The number of hydrogen-bond donors (Lipinski definition) is 2. The van der Waals surface area contributed by atoms with Crippen molar-refractivity contribution in [2.45, 2.75) is 19.3 Å². The van der Waals surface area contributed by atoms with Crippen molar-refractivity contribution < 1.29 is 9.59 Å². The molecule has 5 nitrogen and oxygen atoms in total. The fourth-order valence-electron chi connectivity index (χ4n) is 2.38. The highest BCUT2D eigenvalue weighted by Crippen LogP contribution is 2.46. The van der Waals surface area contributed by atoms with Gasteiger partial charge in [-0.2, -0.15) is 0 Å². The number of nitrogens with zero attached hydrogens (tertiary/aromatic N) is 1. The number of nitrogens with one attached hydrogen (secondary N) is 2. The first kappa shape index (κ1) is 16.5. The van der Waals surface area contributed by atoms with E-state index in [1.54, 1.807) is 0 Å². The fourth-order valence-corrected chi connectivity index (χ4v) is 2.38. The summed E-state index contributed by atoms with van der Waals surface area (Å²) < 4.78 is 0. The number of hydrogen-bond acceptors (Lipinski definition) is 3. The van der Waals surface area contributed by atoms with Crippen LogP contribution in [-0.2, 0) is 16.0 Å². The molecule has 1 aliphatic rings. The lowest BCUT2D eigenvalue weighted by atomic mass is 10.0. The average molecular weight is 303 g/mol. The van der Waals surface area contributed by atoms with Crippen molar-refractivity contribution in [3.05, 3.63) is 35.9 Å². The molecule has 0 spiro atoms. The highest BCUT2D eigenvalue weighted by molar-refractivity contribution is 6.07. The highest BCUT2D eigenvalue weighted by atomic mass is 16.2. The quantitative estimate of drug-likeness (QED) is 0.699. The second-order valence-electron chi connectivity index (χ2n) is 6.13. The third-order valence-electron chi connectivity index (χ3n) is 4.01. The van der Waals surface area contributed by atoms with Crippen LogP contribution in [0.15, 0.2) is 30.3 Å². The van der Waals surface area contributed by atoms with Crippen molar-refractivity contribution in [1.29, 1.82) is 0 Å². The van der Waals surface area contributed by atoms with Gasteiger partial charge < -0.3 is 15.5 Å². The summed E-state index contributed by atoms with van der Waals surface area (Å²) >= 11 is 0. The summed E-state index contributed by atoms with van der Waals surface area (Å²) in [5.41, 5.74) is 0.367. The minimum absolute atomic E-state index is 0.133. The van der Waals surface area contributed by atoms with Gasteiger partial charge in [-0.1, -0.05) is 30.3 Å². The van der Waals surface area contributed by atoms with Crippen LogP contribution in [0.2, 0.25) is 0 Å². The number of amides is 2. The molecule has 0 atom stereocenters. The first-order valence-corrected chi connectivity index (χ1v) is 7.80. The van der Waals surface area contributed by atoms with Gasteiger partial charge in [0, 0.05) is 19.6 Å². The van der Waals surface area contributed by atoms with Gasteiger partial charge in [0.15, 0.2) is 0 Å². The van der Waals surface area contributed by atoms with Crippen molar-refractivity contribution in [2.24, 2.45) is 5.41 Å². The van der Waals surface area contributed by atoms with Crippen LogP contribution in [-0.4, -0.2) is 50.4 Å². The van der Waals surface area contributed by atoms with E-state index in [9.17, 15) is 9.59 Å². The predicted octanol–water partition coefficient (Wildman–Crippen LogP) is 0.803. The third kappa shape index (κ3) is 4.31. The second-order valence-corrected chi connectivity index (χ2v) is 6.13. The Morgan fingerprint density at radius 3 is 2.18 bits per heavy atom. The Morgan fingerprint density at radius 2 is 1.64 bits per heavy atom. The standard InChI is InChI=1S/C17H25N3O2/c1-20(2)13-12-19-16(22)17(9-10-17)15(21)18-11-8-14-6-4-3-5-7-14/h3-7H,8-13H2,1-2H3,(H,18,21)(H,19,22). The zero-order valence-corrected chi connectivity index (χ0v) is 13.4. The zero-order chi connectivity index (χ0) is 16.0. The van der Waals surface area contributed by atoms with E-state index in [0.29, 0.717) is 25.9 Å². The Labute approximate surface area is 132 Å². The molecule has 0 aromatic heterocycles. The van der Waals surface area contributed by atoms with Gasteiger partial charge in [-0.3, -0.25) is 9.59 Å². The topological polar surface area (TPSA) is 61.4 Å². The maximum Gasteiger partial charge on any atom is 0.235 e. The lowest BCUT2D eigenvalue weighted by molar-refractivity contribution is -0.137. The second kappa shape index (κ2) is 7.40. The molecule has 1 aliphatic carbocycles. The maximum atomic E-state index is 12.3. The van der Waals surface area contributed by atoms with E-state index in [0.717, 1.165) is 13.0 Å². The number of likely N-dealkylation sites (N-methyl/N-ethyl adjacent to an activating group) is 1. The Bertz CT molecular complexity index is 510. The van der Waals surface area contributed by atoms with Crippen molar-refractivity contribution in [1.82, 2.24) is 15.5 Å². The SMILES string of the molecule is CN(C)CCNC(=O)C1(C(=O)NCCc2ccccc2)CC1. The largest absolute Gasteiger partial charge is 0.355 e. The van der Waals surface area contributed by atoms with Gasteiger partial charge in [0.1, 0.15) is 5.41 Å². The molecule has 0 bridgehead atoms. The number of rotatable bonds is 8. The number of benzene rings is 1. The molecule has 1 fully saturated rings. The highest BCUT2D eigenvalue weighted by Gasteiger charge is 2.56. The van der Waals surface area contributed by atoms with E-state index in [2.05, 4.69) is 10.6 Å². The summed E-state index contributed by atoms with van der Waals surface area (Å²) in [5, 5.41) is 5.77. The van der Waals surface area contributed by atoms with E-state index in [1.165, 1.54) is 5.56 Å². The summed E-state index contributed by atoms with van der Waals surface area (Å²) in [6.45, 7) is 1.91. The number of carbonyl (C=O) groups excluding carboxylic acids is 2. The fraction of sp³-hybridized carbons (Fsp3) is 0.529. The van der Waals surface area contributed by atoms with Crippen molar-refractivity contribution in [3.8, 4) is 0 Å². The van der Waals surface area contributed by atoms with Gasteiger partial charge in [0.25, 0.3) is 0 Å². The molecule has 1 aromatic rings. The van der Waals surface area contributed by atoms with Gasteiger partial charge in [-0.15, -0.1) is 0 Å². The van der Waals surface area contributed by atoms with E-state index < -0.39 is 5.41 Å². The molecule has 22 heavy (non-hydrogen) atoms. The predicted molar refractivity (Wildman–Crippen MR) is 86.4 cm³/mol. The van der Waals surface area contributed by atoms with E-state index in [4.69, 9.17) is 0 Å². The Hall–Kier alpha value is -1.88. The van der Waals surface area contributed by atoms with E-state index in [-0.39, 0.29) is 11.8 Å². The summed E-state index contributed by atoms with van der Waals surface area (Å²) in [5.74, 6) is -0.266. The molecule has 0 radical (unpaired) electrons. The molecular weight excluding hydrogens is 278 g/mol. The molecule has 0 saturated heterocycles. The summed E-state index contributed by atoms with van der Waals surface area (Å²) in [6.07, 6.45) is 2.08. The molecule has 0 unspecified atom stereocenters. The molecular formula is C17H25N3O2. The normalized spacial score (nSPS) is 15.4. The Morgan fingerprint density at radius 1 is 1.05 bits per heavy atom.